The normalized spacial score (nSPS) is 25.8. The summed E-state index contributed by atoms with van der Waals surface area (Å²) >= 11 is 0. The fourth-order valence-electron chi connectivity index (χ4n) is 3.71. The average Bonchev–Trinajstić information content (AvgIpc) is 3.16. The molecule has 1 aromatic heterocycles. The third kappa shape index (κ3) is 5.22. The Kier molecular flexibility index (Phi) is 8.10. The van der Waals surface area contributed by atoms with Crippen LogP contribution < -0.4 is 15.2 Å². The van der Waals surface area contributed by atoms with Crippen LogP contribution in [0.1, 0.15) is 42.1 Å². The van der Waals surface area contributed by atoms with Crippen molar-refractivity contribution < 1.29 is 34.6 Å². The quantitative estimate of drug-likeness (QED) is 0.307. The molecule has 2 aromatic rings. The van der Waals surface area contributed by atoms with Gasteiger partial charge in [-0.05, 0) is 36.1 Å². The molecular weight excluding hydrogens is 418 g/mol. The molecule has 32 heavy (non-hydrogen) atoms. The van der Waals surface area contributed by atoms with Crippen molar-refractivity contribution >= 4 is 0 Å². The topological polar surface area (TPSA) is 163 Å². The molecule has 10 nitrogen and oxygen atoms in total. The summed E-state index contributed by atoms with van der Waals surface area (Å²) in [6, 6.07) is 5.79. The summed E-state index contributed by atoms with van der Waals surface area (Å²) in [6.07, 6.45) is -6.36. The number of hydrogen-bond donors (Lipinski definition) is 6. The number of aliphatic hydroxyl groups is 4. The summed E-state index contributed by atoms with van der Waals surface area (Å²) in [4.78, 5) is 0. The van der Waals surface area contributed by atoms with Crippen LogP contribution in [0.4, 0.5) is 0 Å². The Morgan fingerprint density at radius 1 is 1.19 bits per heavy atom. The van der Waals surface area contributed by atoms with E-state index < -0.39 is 37.3 Å². The van der Waals surface area contributed by atoms with Crippen LogP contribution in [-0.4, -0.2) is 81.1 Å². The molecule has 0 aliphatic carbocycles. The Morgan fingerprint density at radius 2 is 1.94 bits per heavy atom. The third-order valence-electron chi connectivity index (χ3n) is 5.58. The number of benzene rings is 1. The Morgan fingerprint density at radius 3 is 2.56 bits per heavy atom. The monoisotopic (exact) mass is 451 g/mol. The molecule has 0 radical (unpaired) electrons. The molecule has 1 aliphatic rings. The molecule has 3 rings (SSSR count). The van der Waals surface area contributed by atoms with Gasteiger partial charge in [0.05, 0.1) is 6.61 Å². The molecule has 0 bridgehead atoms. The highest BCUT2D eigenvalue weighted by Crippen LogP contribution is 2.32. The maximum Gasteiger partial charge on any atom is 0.238 e. The smallest absolute Gasteiger partial charge is 0.238 e. The van der Waals surface area contributed by atoms with Gasteiger partial charge in [-0.25, -0.2) is 0 Å². The lowest BCUT2D eigenvalue weighted by molar-refractivity contribution is -0.278. The van der Waals surface area contributed by atoms with E-state index in [0.29, 0.717) is 19.6 Å². The molecule has 1 fully saturated rings. The van der Waals surface area contributed by atoms with Crippen LogP contribution >= 0.6 is 0 Å². The van der Waals surface area contributed by atoms with Gasteiger partial charge in [0.2, 0.25) is 12.2 Å². The number of rotatable bonds is 9. The molecule has 0 amide bonds. The Bertz CT molecular complexity index is 886. The first-order chi connectivity index (χ1) is 15.3. The minimum Gasteiger partial charge on any atom is -0.492 e. The van der Waals surface area contributed by atoms with Crippen LogP contribution in [0.3, 0.4) is 0 Å². The number of nitrogens with zero attached hydrogens (tertiary/aromatic N) is 1. The van der Waals surface area contributed by atoms with Crippen molar-refractivity contribution in [3.63, 3.8) is 0 Å². The molecule has 7 N–H and O–H groups in total. The fourth-order valence-corrected chi connectivity index (χ4v) is 3.71. The van der Waals surface area contributed by atoms with Gasteiger partial charge in [-0.3, -0.25) is 5.10 Å². The van der Waals surface area contributed by atoms with Crippen molar-refractivity contribution in [2.45, 2.75) is 63.8 Å². The zero-order valence-electron chi connectivity index (χ0n) is 18.6. The van der Waals surface area contributed by atoms with E-state index in [1.807, 2.05) is 39.0 Å². The van der Waals surface area contributed by atoms with Gasteiger partial charge in [-0.15, -0.1) is 5.10 Å². The van der Waals surface area contributed by atoms with Gasteiger partial charge in [0.25, 0.3) is 0 Å². The number of aromatic nitrogens is 2. The number of nitrogens with one attached hydrogen (secondary N) is 1. The molecule has 0 unspecified atom stereocenters. The summed E-state index contributed by atoms with van der Waals surface area (Å²) in [5.74, 6) is 1.09. The lowest BCUT2D eigenvalue weighted by atomic mass is 9.96. The molecule has 10 heteroatoms. The molecule has 1 saturated heterocycles. The number of H-pyrrole nitrogens is 1. The first-order valence-corrected chi connectivity index (χ1v) is 10.7. The summed E-state index contributed by atoms with van der Waals surface area (Å²) in [6.45, 7) is 6.36. The van der Waals surface area contributed by atoms with Crippen molar-refractivity contribution in [3.8, 4) is 11.6 Å². The van der Waals surface area contributed by atoms with Crippen LogP contribution in [0, 0.1) is 6.92 Å². The van der Waals surface area contributed by atoms with E-state index in [2.05, 4.69) is 10.2 Å². The van der Waals surface area contributed by atoms with Crippen LogP contribution in [-0.2, 0) is 11.2 Å². The van der Waals surface area contributed by atoms with Crippen molar-refractivity contribution in [2.75, 3.05) is 19.8 Å². The van der Waals surface area contributed by atoms with Crippen molar-refractivity contribution in [3.05, 3.63) is 40.6 Å². The molecular formula is C22H33N3O7. The van der Waals surface area contributed by atoms with Gasteiger partial charge in [0.1, 0.15) is 36.8 Å². The minimum atomic E-state index is -1.53. The van der Waals surface area contributed by atoms with E-state index in [-0.39, 0.29) is 11.8 Å². The van der Waals surface area contributed by atoms with E-state index in [0.717, 1.165) is 28.1 Å². The molecule has 0 saturated carbocycles. The van der Waals surface area contributed by atoms with E-state index >= 15 is 0 Å². The predicted octanol–water partition coefficient (Wildman–Crippen LogP) is -0.0515. The number of aryl methyl sites for hydroxylation is 1. The molecule has 178 valence electrons. The van der Waals surface area contributed by atoms with Crippen LogP contribution in [0.25, 0.3) is 0 Å². The van der Waals surface area contributed by atoms with Crippen LogP contribution in [0.5, 0.6) is 11.6 Å². The maximum absolute atomic E-state index is 10.3. The zero-order valence-corrected chi connectivity index (χ0v) is 18.6. The Hall–Kier alpha value is -2.21. The van der Waals surface area contributed by atoms with Gasteiger partial charge >= 0.3 is 0 Å². The van der Waals surface area contributed by atoms with Gasteiger partial charge < -0.3 is 40.4 Å². The second-order valence-electron chi connectivity index (χ2n) is 8.29. The lowest BCUT2D eigenvalue weighted by Crippen LogP contribution is -2.60. The van der Waals surface area contributed by atoms with Gasteiger partial charge in [0, 0.05) is 24.2 Å². The van der Waals surface area contributed by atoms with Crippen molar-refractivity contribution in [1.29, 1.82) is 0 Å². The molecule has 5 atom stereocenters. The second-order valence-corrected chi connectivity index (χ2v) is 8.29. The standard InChI is InChI=1S/C22H33N3O7/c1-11(2)17-15(9-13-4-5-14(8-12(13)3)30-7-6-23)21(25-24-17)32-22-20(29)19(28)18(27)16(10-26)31-22/h4-5,8,11,16,18-20,22,26-29H,6-7,9-10,23H2,1-3H3,(H,24,25)/t16-,18-,19+,20-,22+/m1/s1. The average molecular weight is 452 g/mol. The van der Waals surface area contributed by atoms with E-state index in [1.54, 1.807) is 0 Å². The Labute approximate surface area is 186 Å². The first kappa shape index (κ1) is 24.4. The van der Waals surface area contributed by atoms with E-state index in [1.165, 1.54) is 0 Å². The first-order valence-electron chi connectivity index (χ1n) is 10.7. The largest absolute Gasteiger partial charge is 0.492 e. The van der Waals surface area contributed by atoms with Crippen LogP contribution in [0.15, 0.2) is 18.2 Å². The molecule has 0 spiro atoms. The molecule has 1 aromatic carbocycles. The number of ether oxygens (including phenoxy) is 3. The van der Waals surface area contributed by atoms with Gasteiger partial charge in [0.15, 0.2) is 0 Å². The highest BCUT2D eigenvalue weighted by atomic mass is 16.7. The highest BCUT2D eigenvalue weighted by Gasteiger charge is 2.45. The van der Waals surface area contributed by atoms with Gasteiger partial charge in [-0.2, -0.15) is 0 Å². The SMILES string of the molecule is Cc1cc(OCCN)ccc1Cc1c(O[C@@H]2O[C@H](CO)[C@@H](O)[C@H](O)[C@H]2O)n[nH]c1C(C)C. The molecule has 2 heterocycles. The minimum absolute atomic E-state index is 0.122. The Balaban J connectivity index is 1.85. The number of hydrogen-bond acceptors (Lipinski definition) is 9. The fraction of sp³-hybridized carbons (Fsp3) is 0.591. The summed E-state index contributed by atoms with van der Waals surface area (Å²) in [5, 5.41) is 47.0. The summed E-state index contributed by atoms with van der Waals surface area (Å²) < 4.78 is 16.9. The van der Waals surface area contributed by atoms with Crippen LogP contribution in [0.2, 0.25) is 0 Å². The zero-order chi connectivity index (χ0) is 23.4. The number of aromatic amines is 1. The molecule has 1 aliphatic heterocycles. The number of aliphatic hydroxyl groups excluding tert-OH is 4. The van der Waals surface area contributed by atoms with Crippen molar-refractivity contribution in [1.82, 2.24) is 10.2 Å². The predicted molar refractivity (Wildman–Crippen MR) is 116 cm³/mol. The summed E-state index contributed by atoms with van der Waals surface area (Å²) in [5.41, 5.74) is 9.21. The third-order valence-corrected chi connectivity index (χ3v) is 5.58. The van der Waals surface area contributed by atoms with E-state index in [9.17, 15) is 20.4 Å². The van der Waals surface area contributed by atoms with E-state index in [4.69, 9.17) is 19.9 Å². The van der Waals surface area contributed by atoms with Crippen molar-refractivity contribution in [2.24, 2.45) is 5.73 Å². The second kappa shape index (κ2) is 10.6. The number of nitrogens with two attached hydrogens (primary N) is 1. The highest BCUT2D eigenvalue weighted by molar-refractivity contribution is 5.42. The maximum atomic E-state index is 10.3. The lowest BCUT2D eigenvalue weighted by Gasteiger charge is -2.39. The summed E-state index contributed by atoms with van der Waals surface area (Å²) in [7, 11) is 0. The van der Waals surface area contributed by atoms with Gasteiger partial charge in [-0.1, -0.05) is 19.9 Å².